The Morgan fingerprint density at radius 3 is 2.33 bits per heavy atom. The number of anilines is 1. The molecule has 0 fully saturated rings. The molecule has 0 saturated carbocycles. The third-order valence-electron chi connectivity index (χ3n) is 3.02. The van der Waals surface area contributed by atoms with Crippen molar-refractivity contribution in [2.75, 3.05) is 11.9 Å². The lowest BCUT2D eigenvalue weighted by atomic mass is 10.1. The van der Waals surface area contributed by atoms with E-state index in [1.165, 1.54) is 37.3 Å². The van der Waals surface area contributed by atoms with Crippen LogP contribution in [0.4, 0.5) is 14.5 Å². The van der Waals surface area contributed by atoms with Crippen LogP contribution in [-0.4, -0.2) is 24.3 Å². The zero-order valence-corrected chi connectivity index (χ0v) is 12.6. The SMILES string of the molecule is CC(=O)Nc1ccc(C(=O)COC(=O)c2ccccc2F)c(F)c1. The lowest BCUT2D eigenvalue weighted by molar-refractivity contribution is -0.114. The lowest BCUT2D eigenvalue weighted by Gasteiger charge is -2.07. The van der Waals surface area contributed by atoms with Crippen molar-refractivity contribution in [1.29, 1.82) is 0 Å². The van der Waals surface area contributed by atoms with Crippen molar-refractivity contribution in [3.05, 3.63) is 65.2 Å². The van der Waals surface area contributed by atoms with E-state index in [4.69, 9.17) is 4.74 Å². The number of halogens is 2. The van der Waals surface area contributed by atoms with Crippen LogP contribution in [0.3, 0.4) is 0 Å². The molecule has 0 heterocycles. The van der Waals surface area contributed by atoms with Crippen LogP contribution in [0.2, 0.25) is 0 Å². The van der Waals surface area contributed by atoms with E-state index in [1.54, 1.807) is 0 Å². The number of Topliss-reactive ketones (excluding diaryl/α,β-unsaturated/α-hetero) is 1. The van der Waals surface area contributed by atoms with Crippen molar-refractivity contribution in [1.82, 2.24) is 0 Å². The van der Waals surface area contributed by atoms with Gasteiger partial charge in [0.05, 0.1) is 11.1 Å². The fourth-order valence-corrected chi connectivity index (χ4v) is 1.94. The van der Waals surface area contributed by atoms with Gasteiger partial charge in [0.25, 0.3) is 0 Å². The maximum atomic E-state index is 13.9. The zero-order valence-electron chi connectivity index (χ0n) is 12.6. The number of ketones is 1. The molecule has 124 valence electrons. The van der Waals surface area contributed by atoms with E-state index >= 15 is 0 Å². The molecular formula is C17H13F2NO4. The fraction of sp³-hybridized carbons (Fsp3) is 0.118. The summed E-state index contributed by atoms with van der Waals surface area (Å²) in [4.78, 5) is 34.5. The minimum Gasteiger partial charge on any atom is -0.454 e. The second-order valence-electron chi connectivity index (χ2n) is 4.85. The first-order valence-corrected chi connectivity index (χ1v) is 6.90. The Morgan fingerprint density at radius 2 is 1.71 bits per heavy atom. The molecule has 0 aromatic heterocycles. The van der Waals surface area contributed by atoms with Crippen molar-refractivity contribution >= 4 is 23.3 Å². The molecule has 2 rings (SSSR count). The van der Waals surface area contributed by atoms with Gasteiger partial charge >= 0.3 is 5.97 Å². The second kappa shape index (κ2) is 7.45. The Kier molecular flexibility index (Phi) is 5.36. The van der Waals surface area contributed by atoms with Gasteiger partial charge in [-0.25, -0.2) is 13.6 Å². The standard InChI is InChI=1S/C17H13F2NO4/c1-10(21)20-11-6-7-12(15(19)8-11)16(22)9-24-17(23)13-4-2-3-5-14(13)18/h2-8H,9H2,1H3,(H,20,21). The predicted octanol–water partition coefficient (Wildman–Crippen LogP) is 2.96. The summed E-state index contributed by atoms with van der Waals surface area (Å²) < 4.78 is 32.0. The quantitative estimate of drug-likeness (QED) is 0.674. The molecule has 5 nitrogen and oxygen atoms in total. The fourth-order valence-electron chi connectivity index (χ4n) is 1.94. The number of carbonyl (C=O) groups is 3. The third-order valence-corrected chi connectivity index (χ3v) is 3.02. The van der Waals surface area contributed by atoms with Gasteiger partial charge in [0, 0.05) is 12.6 Å². The summed E-state index contributed by atoms with van der Waals surface area (Å²) in [6.07, 6.45) is 0. The van der Waals surface area contributed by atoms with Crippen LogP contribution in [-0.2, 0) is 9.53 Å². The van der Waals surface area contributed by atoms with Crippen LogP contribution in [0.5, 0.6) is 0 Å². The predicted molar refractivity (Wildman–Crippen MR) is 81.7 cm³/mol. The zero-order chi connectivity index (χ0) is 17.7. The minimum atomic E-state index is -1.02. The average molecular weight is 333 g/mol. The molecule has 0 radical (unpaired) electrons. The molecule has 0 bridgehead atoms. The number of nitrogens with one attached hydrogen (secondary N) is 1. The molecular weight excluding hydrogens is 320 g/mol. The van der Waals surface area contributed by atoms with Gasteiger partial charge in [-0.1, -0.05) is 12.1 Å². The number of ether oxygens (including phenoxy) is 1. The summed E-state index contributed by atoms with van der Waals surface area (Å²) in [5, 5.41) is 2.37. The van der Waals surface area contributed by atoms with Gasteiger partial charge in [-0.15, -0.1) is 0 Å². The largest absolute Gasteiger partial charge is 0.454 e. The van der Waals surface area contributed by atoms with Gasteiger partial charge in [0.2, 0.25) is 11.7 Å². The van der Waals surface area contributed by atoms with Gasteiger partial charge in [-0.05, 0) is 30.3 Å². The summed E-state index contributed by atoms with van der Waals surface area (Å²) in [5.74, 6) is -3.83. The van der Waals surface area contributed by atoms with E-state index in [9.17, 15) is 23.2 Å². The highest BCUT2D eigenvalue weighted by molar-refractivity contribution is 6.00. The molecule has 0 unspecified atom stereocenters. The summed E-state index contributed by atoms with van der Waals surface area (Å²) in [6.45, 7) is 0.530. The smallest absolute Gasteiger partial charge is 0.341 e. The molecule has 2 aromatic carbocycles. The molecule has 2 aromatic rings. The number of carbonyl (C=O) groups excluding carboxylic acids is 3. The van der Waals surface area contributed by atoms with Crippen LogP contribution < -0.4 is 5.32 Å². The van der Waals surface area contributed by atoms with Crippen LogP contribution in [0.15, 0.2) is 42.5 Å². The van der Waals surface area contributed by atoms with Gasteiger partial charge in [0.15, 0.2) is 6.61 Å². The third kappa shape index (κ3) is 4.22. The van der Waals surface area contributed by atoms with Crippen molar-refractivity contribution in [2.45, 2.75) is 6.92 Å². The van der Waals surface area contributed by atoms with Crippen molar-refractivity contribution in [2.24, 2.45) is 0 Å². The lowest BCUT2D eigenvalue weighted by Crippen LogP contribution is -2.16. The molecule has 0 spiro atoms. The molecule has 7 heteroatoms. The van der Waals surface area contributed by atoms with Crippen LogP contribution >= 0.6 is 0 Å². The molecule has 0 aliphatic carbocycles. The Hall–Kier alpha value is -3.09. The molecule has 0 atom stereocenters. The summed E-state index contributed by atoms with van der Waals surface area (Å²) in [6, 6.07) is 8.64. The van der Waals surface area contributed by atoms with Crippen molar-refractivity contribution in [3.63, 3.8) is 0 Å². The van der Waals surface area contributed by atoms with Gasteiger partial charge < -0.3 is 10.1 Å². The highest BCUT2D eigenvalue weighted by Crippen LogP contribution is 2.16. The monoisotopic (exact) mass is 333 g/mol. The molecule has 0 saturated heterocycles. The van der Waals surface area contributed by atoms with E-state index in [1.807, 2.05) is 0 Å². The highest BCUT2D eigenvalue weighted by atomic mass is 19.1. The topological polar surface area (TPSA) is 72.5 Å². The normalized spacial score (nSPS) is 10.1. The van der Waals surface area contributed by atoms with Gasteiger partial charge in [0.1, 0.15) is 11.6 Å². The minimum absolute atomic E-state index is 0.194. The van der Waals surface area contributed by atoms with E-state index in [-0.39, 0.29) is 22.7 Å². The summed E-state index contributed by atoms with van der Waals surface area (Å²) in [7, 11) is 0. The summed E-state index contributed by atoms with van der Waals surface area (Å²) >= 11 is 0. The molecule has 1 amide bonds. The number of benzene rings is 2. The number of amides is 1. The van der Waals surface area contributed by atoms with Crippen molar-refractivity contribution in [3.8, 4) is 0 Å². The Morgan fingerprint density at radius 1 is 1.00 bits per heavy atom. The van der Waals surface area contributed by atoms with E-state index < -0.39 is 30.0 Å². The van der Waals surface area contributed by atoms with E-state index in [0.29, 0.717) is 0 Å². The molecule has 24 heavy (non-hydrogen) atoms. The van der Waals surface area contributed by atoms with Crippen LogP contribution in [0.25, 0.3) is 0 Å². The number of hydrogen-bond donors (Lipinski definition) is 1. The van der Waals surface area contributed by atoms with E-state index in [0.717, 1.165) is 12.1 Å². The first kappa shape index (κ1) is 17.3. The molecule has 1 N–H and O–H groups in total. The molecule has 0 aliphatic heterocycles. The highest BCUT2D eigenvalue weighted by Gasteiger charge is 2.17. The Balaban J connectivity index is 2.04. The average Bonchev–Trinajstić information content (AvgIpc) is 2.52. The first-order valence-electron chi connectivity index (χ1n) is 6.90. The number of hydrogen-bond acceptors (Lipinski definition) is 4. The number of rotatable bonds is 5. The van der Waals surface area contributed by atoms with Crippen molar-refractivity contribution < 1.29 is 27.9 Å². The Bertz CT molecular complexity index is 805. The Labute approximate surface area is 136 Å². The van der Waals surface area contributed by atoms with Crippen LogP contribution in [0.1, 0.15) is 27.6 Å². The van der Waals surface area contributed by atoms with Gasteiger partial charge in [-0.2, -0.15) is 0 Å². The second-order valence-corrected chi connectivity index (χ2v) is 4.85. The number of esters is 1. The van der Waals surface area contributed by atoms with Crippen LogP contribution in [0, 0.1) is 11.6 Å². The first-order chi connectivity index (χ1) is 11.4. The van der Waals surface area contributed by atoms with Gasteiger partial charge in [-0.3, -0.25) is 9.59 Å². The summed E-state index contributed by atoms with van der Waals surface area (Å²) in [5.41, 5.74) is -0.419. The molecule has 0 aliphatic rings. The van der Waals surface area contributed by atoms with E-state index in [2.05, 4.69) is 5.32 Å². The maximum absolute atomic E-state index is 13.9. The maximum Gasteiger partial charge on any atom is 0.341 e.